The number of hydrogen-bond acceptors (Lipinski definition) is 7. The fraction of sp³-hybridized carbons (Fsp3) is 0.393. The van der Waals surface area contributed by atoms with E-state index in [4.69, 9.17) is 16.6 Å². The summed E-state index contributed by atoms with van der Waals surface area (Å²) in [4.78, 5) is 10.6. The van der Waals surface area contributed by atoms with E-state index in [0.717, 1.165) is 43.8 Å². The molecule has 0 saturated heterocycles. The maximum atomic E-state index is 6.29. The van der Waals surface area contributed by atoms with Gasteiger partial charge >= 0.3 is 0 Å². The van der Waals surface area contributed by atoms with Crippen LogP contribution in [0.4, 0.5) is 11.8 Å². The van der Waals surface area contributed by atoms with Gasteiger partial charge in [0, 0.05) is 41.2 Å². The molecule has 0 bridgehead atoms. The SMILES string of the molecule is CC(C)c1cc(-c2cc(NSc3ccccc3Cl)nn2C)cc2cnc(NC3CCCCC3)nc12.CN. The predicted molar refractivity (Wildman–Crippen MR) is 157 cm³/mol. The average molecular weight is 538 g/mol. The van der Waals surface area contributed by atoms with Gasteiger partial charge in [0.2, 0.25) is 5.95 Å². The lowest BCUT2D eigenvalue weighted by molar-refractivity contribution is 0.461. The highest BCUT2D eigenvalue weighted by molar-refractivity contribution is 8.00. The number of halogens is 1. The van der Waals surface area contributed by atoms with E-state index in [1.54, 1.807) is 0 Å². The Bertz CT molecular complexity index is 1330. The van der Waals surface area contributed by atoms with Crippen LogP contribution in [0.5, 0.6) is 0 Å². The van der Waals surface area contributed by atoms with Gasteiger partial charge < -0.3 is 15.8 Å². The number of nitrogens with zero attached hydrogens (tertiary/aromatic N) is 4. The van der Waals surface area contributed by atoms with Crippen molar-refractivity contribution in [3.63, 3.8) is 0 Å². The van der Waals surface area contributed by atoms with Crippen LogP contribution in [0, 0.1) is 0 Å². The van der Waals surface area contributed by atoms with Crippen molar-refractivity contribution in [2.45, 2.75) is 62.8 Å². The summed E-state index contributed by atoms with van der Waals surface area (Å²) in [5.74, 6) is 1.85. The molecule has 37 heavy (non-hydrogen) atoms. The van der Waals surface area contributed by atoms with Gasteiger partial charge in [0.05, 0.1) is 16.2 Å². The molecule has 0 spiro atoms. The molecule has 2 aromatic heterocycles. The van der Waals surface area contributed by atoms with Crippen molar-refractivity contribution >= 4 is 46.2 Å². The largest absolute Gasteiger partial charge is 0.351 e. The first-order valence-electron chi connectivity index (χ1n) is 12.8. The fourth-order valence-electron chi connectivity index (χ4n) is 4.68. The lowest BCUT2D eigenvalue weighted by atomic mass is 9.95. The van der Waals surface area contributed by atoms with Gasteiger partial charge in [-0.3, -0.25) is 4.68 Å². The number of fused-ring (bicyclic) bond motifs is 1. The van der Waals surface area contributed by atoms with Crippen LogP contribution in [0.1, 0.15) is 57.4 Å². The van der Waals surface area contributed by atoms with Crippen LogP contribution in [0.3, 0.4) is 0 Å². The van der Waals surface area contributed by atoms with Crippen molar-refractivity contribution in [1.82, 2.24) is 19.7 Å². The Kier molecular flexibility index (Phi) is 9.29. The molecule has 1 aliphatic carbocycles. The van der Waals surface area contributed by atoms with Gasteiger partial charge in [-0.05, 0) is 67.6 Å². The monoisotopic (exact) mass is 537 g/mol. The summed E-state index contributed by atoms with van der Waals surface area (Å²) in [7, 11) is 3.47. The number of hydrogen-bond donors (Lipinski definition) is 3. The van der Waals surface area contributed by atoms with Gasteiger partial charge in [0.25, 0.3) is 0 Å². The van der Waals surface area contributed by atoms with Gasteiger partial charge in [0.1, 0.15) is 0 Å². The van der Waals surface area contributed by atoms with Crippen molar-refractivity contribution in [2.75, 3.05) is 17.1 Å². The second-order valence-electron chi connectivity index (χ2n) is 9.50. The minimum Gasteiger partial charge on any atom is -0.351 e. The van der Waals surface area contributed by atoms with Crippen LogP contribution >= 0.6 is 23.5 Å². The van der Waals surface area contributed by atoms with Crippen LogP contribution in [-0.4, -0.2) is 32.8 Å². The molecule has 9 heteroatoms. The molecular formula is C28H36ClN7S. The van der Waals surface area contributed by atoms with E-state index in [2.05, 4.69) is 57.9 Å². The van der Waals surface area contributed by atoms with Crippen LogP contribution in [0.15, 0.2) is 53.6 Å². The third-order valence-electron chi connectivity index (χ3n) is 6.55. The van der Waals surface area contributed by atoms with Crippen LogP contribution in [0.2, 0.25) is 5.02 Å². The number of aromatic nitrogens is 4. The maximum absolute atomic E-state index is 6.29. The molecule has 0 unspecified atom stereocenters. The summed E-state index contributed by atoms with van der Waals surface area (Å²) >= 11 is 7.75. The van der Waals surface area contributed by atoms with Gasteiger partial charge in [-0.15, -0.1) is 0 Å². The number of nitrogens with one attached hydrogen (secondary N) is 2. The standard InChI is InChI=1S/C27H31ClN6S.CH5N/c1-17(2)21-14-18(13-19-16-29-27(31-26(19)21)30-20-9-5-4-6-10-20)23-15-25(32-34(23)3)33-35-24-12-8-7-11-22(24)28;1-2/h7-8,11-17,20H,4-6,9-10H2,1-3H3,(H,32,33)(H,29,30,31);2H2,1H3. The zero-order valence-corrected chi connectivity index (χ0v) is 23.5. The highest BCUT2D eigenvalue weighted by atomic mass is 35.5. The summed E-state index contributed by atoms with van der Waals surface area (Å²) in [6.07, 6.45) is 8.24. The molecule has 2 heterocycles. The number of nitrogens with two attached hydrogens (primary N) is 1. The molecule has 1 fully saturated rings. The Morgan fingerprint density at radius 3 is 2.57 bits per heavy atom. The number of aryl methyl sites for hydroxylation is 1. The maximum Gasteiger partial charge on any atom is 0.223 e. The third-order valence-corrected chi connectivity index (χ3v) is 7.88. The van der Waals surface area contributed by atoms with Gasteiger partial charge in [-0.2, -0.15) is 5.10 Å². The van der Waals surface area contributed by atoms with Crippen LogP contribution in [0.25, 0.3) is 22.2 Å². The quantitative estimate of drug-likeness (QED) is 0.214. The summed E-state index contributed by atoms with van der Waals surface area (Å²) in [5.41, 5.74) is 8.86. The molecule has 7 nitrogen and oxygen atoms in total. The Hall–Kier alpha value is -2.81. The van der Waals surface area contributed by atoms with Gasteiger partial charge in [-0.1, -0.05) is 56.8 Å². The molecule has 0 radical (unpaired) electrons. The van der Waals surface area contributed by atoms with Crippen LogP contribution < -0.4 is 15.8 Å². The highest BCUT2D eigenvalue weighted by Crippen LogP contribution is 2.34. The zero-order valence-electron chi connectivity index (χ0n) is 22.0. The number of rotatable bonds is 7. The molecule has 1 aliphatic rings. The first-order valence-corrected chi connectivity index (χ1v) is 14.0. The van der Waals surface area contributed by atoms with Crippen molar-refractivity contribution < 1.29 is 0 Å². The molecule has 4 N–H and O–H groups in total. The molecule has 4 aromatic rings. The molecule has 0 aliphatic heterocycles. The molecule has 0 atom stereocenters. The fourth-order valence-corrected chi connectivity index (χ4v) is 5.56. The second-order valence-corrected chi connectivity index (χ2v) is 10.8. The van der Waals surface area contributed by atoms with Crippen LogP contribution in [-0.2, 0) is 7.05 Å². The molecule has 2 aromatic carbocycles. The van der Waals surface area contributed by atoms with E-state index < -0.39 is 0 Å². The van der Waals surface area contributed by atoms with Gasteiger partial charge in [-0.25, -0.2) is 9.97 Å². The Labute approximate surface area is 228 Å². The number of benzene rings is 2. The lowest BCUT2D eigenvalue weighted by Gasteiger charge is -2.23. The molecular weight excluding hydrogens is 502 g/mol. The Morgan fingerprint density at radius 2 is 1.84 bits per heavy atom. The first-order chi connectivity index (χ1) is 18.0. The summed E-state index contributed by atoms with van der Waals surface area (Å²) < 4.78 is 5.22. The average Bonchev–Trinajstić information content (AvgIpc) is 3.29. The van der Waals surface area contributed by atoms with E-state index in [1.807, 2.05) is 42.2 Å². The highest BCUT2D eigenvalue weighted by Gasteiger charge is 2.17. The second kappa shape index (κ2) is 12.6. The van der Waals surface area contributed by atoms with Gasteiger partial charge in [0.15, 0.2) is 5.82 Å². The van der Waals surface area contributed by atoms with E-state index in [1.165, 1.54) is 56.7 Å². The van der Waals surface area contributed by atoms with E-state index in [0.29, 0.717) is 12.0 Å². The zero-order chi connectivity index (χ0) is 26.4. The minimum absolute atomic E-state index is 0.330. The third kappa shape index (κ3) is 6.55. The minimum atomic E-state index is 0.330. The summed E-state index contributed by atoms with van der Waals surface area (Å²) in [6, 6.07) is 14.7. The van der Waals surface area contributed by atoms with Crippen molar-refractivity contribution in [1.29, 1.82) is 0 Å². The molecule has 0 amide bonds. The predicted octanol–water partition coefficient (Wildman–Crippen LogP) is 7.25. The summed E-state index contributed by atoms with van der Waals surface area (Å²) in [5, 5.41) is 10.00. The Balaban J connectivity index is 0.00000156. The molecule has 1 saturated carbocycles. The normalized spacial score (nSPS) is 13.9. The van der Waals surface area contributed by atoms with Crippen molar-refractivity contribution in [3.05, 3.63) is 59.2 Å². The smallest absolute Gasteiger partial charge is 0.223 e. The van der Waals surface area contributed by atoms with E-state index >= 15 is 0 Å². The van der Waals surface area contributed by atoms with E-state index in [-0.39, 0.29) is 0 Å². The first kappa shape index (κ1) is 27.2. The Morgan fingerprint density at radius 1 is 1.08 bits per heavy atom. The molecule has 196 valence electrons. The van der Waals surface area contributed by atoms with E-state index in [9.17, 15) is 0 Å². The van der Waals surface area contributed by atoms with Crippen molar-refractivity contribution in [3.8, 4) is 11.3 Å². The number of anilines is 2. The lowest BCUT2D eigenvalue weighted by Crippen LogP contribution is -2.23. The van der Waals surface area contributed by atoms with Crippen molar-refractivity contribution in [2.24, 2.45) is 12.8 Å². The summed E-state index contributed by atoms with van der Waals surface area (Å²) in [6.45, 7) is 4.43. The topological polar surface area (TPSA) is 93.7 Å². The molecule has 5 rings (SSSR count).